The van der Waals surface area contributed by atoms with Crippen molar-refractivity contribution in [3.8, 4) is 0 Å². The Morgan fingerprint density at radius 1 is 1.16 bits per heavy atom. The van der Waals surface area contributed by atoms with E-state index in [-0.39, 0.29) is 18.3 Å². The quantitative estimate of drug-likeness (QED) is 0.319. The monoisotopic (exact) mass is 354 g/mol. The van der Waals surface area contributed by atoms with Crippen molar-refractivity contribution in [3.63, 3.8) is 0 Å². The van der Waals surface area contributed by atoms with Gasteiger partial charge in [0.2, 0.25) is 0 Å². The predicted molar refractivity (Wildman–Crippen MR) is 98.1 cm³/mol. The maximum absolute atomic E-state index is 10.5. The molecule has 25 heavy (non-hydrogen) atoms. The number of hydrogen-bond acceptors (Lipinski definition) is 4. The van der Waals surface area contributed by atoms with Crippen LogP contribution in [0.3, 0.4) is 0 Å². The van der Waals surface area contributed by atoms with Gasteiger partial charge in [-0.1, -0.05) is 50.5 Å². The zero-order chi connectivity index (χ0) is 18.7. The van der Waals surface area contributed by atoms with E-state index in [1.54, 1.807) is 6.08 Å². The van der Waals surface area contributed by atoms with E-state index in [9.17, 15) is 20.1 Å². The second-order valence-corrected chi connectivity index (χ2v) is 7.05. The van der Waals surface area contributed by atoms with E-state index in [0.717, 1.165) is 25.7 Å². The van der Waals surface area contributed by atoms with Gasteiger partial charge in [0.1, 0.15) is 0 Å². The van der Waals surface area contributed by atoms with Crippen LogP contribution in [-0.4, -0.2) is 44.7 Å². The van der Waals surface area contributed by atoms with Gasteiger partial charge in [-0.3, -0.25) is 4.79 Å². The van der Waals surface area contributed by atoms with Gasteiger partial charge >= 0.3 is 5.97 Å². The molecule has 144 valence electrons. The number of rotatable bonds is 12. The lowest BCUT2D eigenvalue weighted by Gasteiger charge is -2.19. The van der Waals surface area contributed by atoms with Crippen LogP contribution < -0.4 is 0 Å². The summed E-state index contributed by atoms with van der Waals surface area (Å²) < 4.78 is 0. The zero-order valence-electron chi connectivity index (χ0n) is 15.3. The van der Waals surface area contributed by atoms with Gasteiger partial charge in [-0.25, -0.2) is 0 Å². The van der Waals surface area contributed by atoms with Crippen LogP contribution in [0.25, 0.3) is 0 Å². The fourth-order valence-electron chi connectivity index (χ4n) is 3.41. The molecule has 5 atom stereocenters. The summed E-state index contributed by atoms with van der Waals surface area (Å²) in [6.07, 6.45) is 12.3. The molecule has 5 heteroatoms. The Morgan fingerprint density at radius 2 is 1.92 bits per heavy atom. The Balaban J connectivity index is 2.46. The van der Waals surface area contributed by atoms with Crippen LogP contribution in [0.15, 0.2) is 24.3 Å². The summed E-state index contributed by atoms with van der Waals surface area (Å²) >= 11 is 0. The molecule has 0 unspecified atom stereocenters. The lowest BCUT2D eigenvalue weighted by molar-refractivity contribution is -0.137. The number of unbranched alkanes of at least 4 members (excludes halogenated alkanes) is 3. The summed E-state index contributed by atoms with van der Waals surface area (Å²) in [5.74, 6) is -1.00. The topological polar surface area (TPSA) is 98.0 Å². The first-order valence-corrected chi connectivity index (χ1v) is 9.55. The average molecular weight is 354 g/mol. The van der Waals surface area contributed by atoms with E-state index < -0.39 is 24.3 Å². The van der Waals surface area contributed by atoms with Crippen LogP contribution in [0.1, 0.15) is 64.7 Å². The molecule has 1 saturated carbocycles. The molecule has 5 nitrogen and oxygen atoms in total. The lowest BCUT2D eigenvalue weighted by Crippen LogP contribution is -2.20. The van der Waals surface area contributed by atoms with Crippen molar-refractivity contribution in [2.24, 2.45) is 11.8 Å². The van der Waals surface area contributed by atoms with Crippen LogP contribution in [0.2, 0.25) is 0 Å². The Morgan fingerprint density at radius 3 is 2.60 bits per heavy atom. The molecule has 0 amide bonds. The maximum Gasteiger partial charge on any atom is 0.303 e. The molecule has 0 heterocycles. The molecule has 1 aliphatic carbocycles. The van der Waals surface area contributed by atoms with Crippen molar-refractivity contribution < 1.29 is 25.2 Å². The summed E-state index contributed by atoms with van der Waals surface area (Å²) in [5.41, 5.74) is 0. The fraction of sp³-hybridized carbons (Fsp3) is 0.750. The smallest absolute Gasteiger partial charge is 0.303 e. The summed E-state index contributed by atoms with van der Waals surface area (Å²) in [6.45, 7) is 2.12. The predicted octanol–water partition coefficient (Wildman–Crippen LogP) is 3.04. The Hall–Kier alpha value is -1.17. The molecule has 0 radical (unpaired) electrons. The van der Waals surface area contributed by atoms with E-state index in [1.807, 2.05) is 18.2 Å². The van der Waals surface area contributed by atoms with E-state index in [0.29, 0.717) is 25.7 Å². The Bertz CT molecular complexity index is 432. The molecule has 0 bridgehead atoms. The summed E-state index contributed by atoms with van der Waals surface area (Å²) in [5, 5.41) is 39.0. The number of aliphatic hydroxyl groups is 3. The molecular formula is C20H34O5. The number of aliphatic carboxylic acids is 1. The fourth-order valence-corrected chi connectivity index (χ4v) is 3.41. The van der Waals surface area contributed by atoms with Gasteiger partial charge in [0.15, 0.2) is 0 Å². The number of carboxylic acids is 1. The van der Waals surface area contributed by atoms with Gasteiger partial charge in [-0.05, 0) is 31.6 Å². The van der Waals surface area contributed by atoms with Crippen molar-refractivity contribution in [1.29, 1.82) is 0 Å². The molecule has 0 aromatic heterocycles. The van der Waals surface area contributed by atoms with Crippen molar-refractivity contribution >= 4 is 5.97 Å². The molecule has 0 aromatic rings. The maximum atomic E-state index is 10.5. The largest absolute Gasteiger partial charge is 0.481 e. The van der Waals surface area contributed by atoms with Crippen molar-refractivity contribution in [3.05, 3.63) is 24.3 Å². The first-order chi connectivity index (χ1) is 12.0. The average Bonchev–Trinajstić information content (AvgIpc) is 2.82. The van der Waals surface area contributed by atoms with Crippen molar-refractivity contribution in [2.75, 3.05) is 0 Å². The molecule has 0 saturated heterocycles. The summed E-state index contributed by atoms with van der Waals surface area (Å²) in [4.78, 5) is 10.5. The Labute approximate surface area is 151 Å². The molecule has 1 rings (SSSR count). The summed E-state index contributed by atoms with van der Waals surface area (Å²) in [7, 11) is 0. The summed E-state index contributed by atoms with van der Waals surface area (Å²) in [6, 6.07) is 0. The van der Waals surface area contributed by atoms with Gasteiger partial charge < -0.3 is 20.4 Å². The zero-order valence-corrected chi connectivity index (χ0v) is 15.3. The van der Waals surface area contributed by atoms with Crippen LogP contribution in [-0.2, 0) is 4.79 Å². The highest BCUT2D eigenvalue weighted by atomic mass is 16.4. The van der Waals surface area contributed by atoms with Crippen LogP contribution in [0, 0.1) is 11.8 Å². The molecule has 1 aliphatic rings. The number of aliphatic hydroxyl groups excluding tert-OH is 3. The van der Waals surface area contributed by atoms with Crippen molar-refractivity contribution in [2.45, 2.75) is 83.0 Å². The van der Waals surface area contributed by atoms with Gasteiger partial charge in [0.25, 0.3) is 0 Å². The second kappa shape index (κ2) is 12.2. The number of allylic oxidation sites excluding steroid dienone is 2. The Kier molecular flexibility index (Phi) is 10.7. The van der Waals surface area contributed by atoms with Crippen LogP contribution >= 0.6 is 0 Å². The van der Waals surface area contributed by atoms with Gasteiger partial charge in [0.05, 0.1) is 18.3 Å². The highest BCUT2D eigenvalue weighted by molar-refractivity contribution is 5.66. The van der Waals surface area contributed by atoms with Gasteiger partial charge in [-0.15, -0.1) is 0 Å². The minimum Gasteiger partial charge on any atom is -0.481 e. The number of hydrogen-bond donors (Lipinski definition) is 4. The van der Waals surface area contributed by atoms with E-state index >= 15 is 0 Å². The normalized spacial score (nSPS) is 28.2. The highest BCUT2D eigenvalue weighted by Gasteiger charge is 2.39. The van der Waals surface area contributed by atoms with E-state index in [1.165, 1.54) is 0 Å². The molecule has 1 fully saturated rings. The molecular weight excluding hydrogens is 320 g/mol. The number of carboxylic acid groups (broad SMARTS) is 1. The molecule has 0 aromatic carbocycles. The number of carbonyl (C=O) groups is 1. The third-order valence-corrected chi connectivity index (χ3v) is 4.91. The first-order valence-electron chi connectivity index (χ1n) is 9.55. The first kappa shape index (κ1) is 21.9. The standard InChI is InChI=1S/C20H34O5/c1-2-3-6-9-15(21)12-13-17-16(18(22)14-19(17)23)10-7-4-5-8-11-20(24)25/h4,7,12-13,15-19,21-23H,2-3,5-6,8-11,14H2,1H3,(H,24,25)/b7-4-,13-12+/t15-,16+,17+,18+,19+/m0/s1. The van der Waals surface area contributed by atoms with Gasteiger partial charge in [-0.2, -0.15) is 0 Å². The SMILES string of the molecule is CCCCC[C@H](O)/C=C/[C@@H]1[C@@H](C/C=C\CCCC(=O)O)[C@H](O)C[C@H]1O. The van der Waals surface area contributed by atoms with Gasteiger partial charge in [0, 0.05) is 18.8 Å². The third kappa shape index (κ3) is 8.66. The minimum absolute atomic E-state index is 0.0650. The van der Waals surface area contributed by atoms with Crippen LogP contribution in [0.4, 0.5) is 0 Å². The minimum atomic E-state index is -0.787. The van der Waals surface area contributed by atoms with Crippen molar-refractivity contribution in [1.82, 2.24) is 0 Å². The van der Waals surface area contributed by atoms with E-state index in [2.05, 4.69) is 6.92 Å². The second-order valence-electron chi connectivity index (χ2n) is 7.05. The van der Waals surface area contributed by atoms with Crippen LogP contribution in [0.5, 0.6) is 0 Å². The third-order valence-electron chi connectivity index (χ3n) is 4.91. The lowest BCUT2D eigenvalue weighted by atomic mass is 9.89. The molecule has 0 aliphatic heterocycles. The highest BCUT2D eigenvalue weighted by Crippen LogP contribution is 2.36. The molecule has 0 spiro atoms. The van der Waals surface area contributed by atoms with E-state index in [4.69, 9.17) is 5.11 Å². The molecule has 4 N–H and O–H groups in total.